The molecule has 118 valence electrons. The van der Waals surface area contributed by atoms with Crippen molar-refractivity contribution in [3.8, 4) is 5.75 Å². The Hall–Kier alpha value is -1.88. The number of nitrogens with zero attached hydrogens (tertiary/aromatic N) is 1. The van der Waals surface area contributed by atoms with Gasteiger partial charge in [0.25, 0.3) is 0 Å². The summed E-state index contributed by atoms with van der Waals surface area (Å²) in [5.74, 6) is 0.639. The van der Waals surface area contributed by atoms with Gasteiger partial charge >= 0.3 is 0 Å². The molecule has 4 nitrogen and oxygen atoms in total. The second-order valence-electron chi connectivity index (χ2n) is 5.69. The Balaban J connectivity index is 2.14. The van der Waals surface area contributed by atoms with Gasteiger partial charge in [-0.3, -0.25) is 4.79 Å². The lowest BCUT2D eigenvalue weighted by Gasteiger charge is -2.27. The Labute approximate surface area is 135 Å². The number of aromatic nitrogens is 1. The molecular weight excluding hydrogens is 296 g/mol. The van der Waals surface area contributed by atoms with Crippen LogP contribution in [0, 0.1) is 0 Å². The molecule has 0 unspecified atom stereocenters. The highest BCUT2D eigenvalue weighted by Crippen LogP contribution is 2.26. The standard InChI is InChI=1S/C17H22N2O2S/c1-5-14(12-6-8-13(21-4)9-7-12)15(20)19-17(2,3)16-18-10-11-22-16/h6-11,14H,5H2,1-4H3,(H,19,20)/t14-/m1/s1. The van der Waals surface area contributed by atoms with Crippen LogP contribution in [0.15, 0.2) is 35.8 Å². The van der Waals surface area contributed by atoms with Gasteiger partial charge in [-0.25, -0.2) is 4.98 Å². The van der Waals surface area contributed by atoms with E-state index in [2.05, 4.69) is 10.3 Å². The second-order valence-corrected chi connectivity index (χ2v) is 6.58. The minimum Gasteiger partial charge on any atom is -0.497 e. The fraction of sp³-hybridized carbons (Fsp3) is 0.412. The minimum absolute atomic E-state index is 0.0212. The molecule has 5 heteroatoms. The average Bonchev–Trinajstić information content (AvgIpc) is 3.03. The molecule has 0 saturated heterocycles. The number of thiazole rings is 1. The molecule has 0 bridgehead atoms. The average molecular weight is 318 g/mol. The van der Waals surface area contributed by atoms with E-state index in [1.807, 2.05) is 50.4 Å². The monoisotopic (exact) mass is 318 g/mol. The van der Waals surface area contributed by atoms with E-state index in [4.69, 9.17) is 4.74 Å². The highest BCUT2D eigenvalue weighted by molar-refractivity contribution is 7.09. The number of nitrogens with one attached hydrogen (secondary N) is 1. The largest absolute Gasteiger partial charge is 0.497 e. The Morgan fingerprint density at radius 3 is 2.55 bits per heavy atom. The van der Waals surface area contributed by atoms with Crippen molar-refractivity contribution in [2.24, 2.45) is 0 Å². The molecule has 1 atom stereocenters. The fourth-order valence-corrected chi connectivity index (χ4v) is 3.11. The lowest BCUT2D eigenvalue weighted by Crippen LogP contribution is -2.43. The van der Waals surface area contributed by atoms with Gasteiger partial charge in [0.05, 0.1) is 18.6 Å². The van der Waals surface area contributed by atoms with E-state index >= 15 is 0 Å². The third kappa shape index (κ3) is 3.65. The van der Waals surface area contributed by atoms with Crippen LogP contribution < -0.4 is 10.1 Å². The van der Waals surface area contributed by atoms with Crippen LogP contribution in [-0.4, -0.2) is 18.0 Å². The highest BCUT2D eigenvalue weighted by atomic mass is 32.1. The van der Waals surface area contributed by atoms with E-state index in [0.717, 1.165) is 22.7 Å². The molecule has 0 aliphatic rings. The first kappa shape index (κ1) is 16.5. The molecule has 0 saturated carbocycles. The van der Waals surface area contributed by atoms with Crippen LogP contribution in [0.1, 0.15) is 43.7 Å². The molecule has 22 heavy (non-hydrogen) atoms. The SMILES string of the molecule is CC[C@@H](C(=O)NC(C)(C)c1nccs1)c1ccc(OC)cc1. The lowest BCUT2D eigenvalue weighted by molar-refractivity contribution is -0.124. The van der Waals surface area contributed by atoms with E-state index in [-0.39, 0.29) is 11.8 Å². The first-order chi connectivity index (χ1) is 10.5. The molecule has 2 rings (SSSR count). The van der Waals surface area contributed by atoms with Crippen LogP contribution in [0.3, 0.4) is 0 Å². The van der Waals surface area contributed by atoms with Crippen molar-refractivity contribution in [2.45, 2.75) is 38.6 Å². The molecule has 0 spiro atoms. The maximum Gasteiger partial charge on any atom is 0.228 e. The molecule has 2 aromatic rings. The van der Waals surface area contributed by atoms with Gasteiger partial charge in [0.15, 0.2) is 0 Å². The number of rotatable bonds is 6. The van der Waals surface area contributed by atoms with Crippen molar-refractivity contribution < 1.29 is 9.53 Å². The zero-order chi connectivity index (χ0) is 16.2. The van der Waals surface area contributed by atoms with Crippen molar-refractivity contribution in [2.75, 3.05) is 7.11 Å². The van der Waals surface area contributed by atoms with Gasteiger partial charge in [-0.15, -0.1) is 11.3 Å². The molecular formula is C17H22N2O2S. The summed E-state index contributed by atoms with van der Waals surface area (Å²) < 4.78 is 5.17. The number of benzene rings is 1. The van der Waals surface area contributed by atoms with E-state index < -0.39 is 5.54 Å². The van der Waals surface area contributed by atoms with Crippen molar-refractivity contribution in [1.82, 2.24) is 10.3 Å². The van der Waals surface area contributed by atoms with Gasteiger partial charge in [0, 0.05) is 11.6 Å². The summed E-state index contributed by atoms with van der Waals surface area (Å²) in [6.07, 6.45) is 2.50. The smallest absolute Gasteiger partial charge is 0.228 e. The number of amides is 1. The maximum atomic E-state index is 12.7. The minimum atomic E-state index is -0.467. The highest BCUT2D eigenvalue weighted by Gasteiger charge is 2.29. The molecule has 1 amide bonds. The number of methoxy groups -OCH3 is 1. The zero-order valence-corrected chi connectivity index (χ0v) is 14.2. The Bertz CT molecular complexity index is 606. The predicted octanol–water partition coefficient (Wildman–Crippen LogP) is 3.70. The van der Waals surface area contributed by atoms with Crippen LogP contribution in [0.5, 0.6) is 5.75 Å². The van der Waals surface area contributed by atoms with Crippen molar-refractivity contribution >= 4 is 17.2 Å². The van der Waals surface area contributed by atoms with Crippen LogP contribution in [0.4, 0.5) is 0 Å². The van der Waals surface area contributed by atoms with Crippen LogP contribution >= 0.6 is 11.3 Å². The first-order valence-corrected chi connectivity index (χ1v) is 8.22. The molecule has 0 fully saturated rings. The summed E-state index contributed by atoms with van der Waals surface area (Å²) in [4.78, 5) is 17.0. The molecule has 0 aliphatic carbocycles. The van der Waals surface area contributed by atoms with Crippen molar-refractivity contribution in [1.29, 1.82) is 0 Å². The van der Waals surface area contributed by atoms with Crippen LogP contribution in [0.2, 0.25) is 0 Å². The number of ether oxygens (including phenoxy) is 1. The number of carbonyl (C=O) groups is 1. The van der Waals surface area contributed by atoms with E-state index in [1.165, 1.54) is 0 Å². The summed E-state index contributed by atoms with van der Waals surface area (Å²) in [6, 6.07) is 7.67. The number of carbonyl (C=O) groups excluding carboxylic acids is 1. The molecule has 1 aromatic carbocycles. The molecule has 0 radical (unpaired) electrons. The van der Waals surface area contributed by atoms with Crippen molar-refractivity contribution in [3.63, 3.8) is 0 Å². The number of hydrogen-bond donors (Lipinski definition) is 1. The van der Waals surface area contributed by atoms with E-state index in [9.17, 15) is 4.79 Å². The third-order valence-corrected chi connectivity index (χ3v) is 4.74. The first-order valence-electron chi connectivity index (χ1n) is 7.34. The molecule has 1 N–H and O–H groups in total. The Morgan fingerprint density at radius 2 is 2.05 bits per heavy atom. The van der Waals surface area contributed by atoms with Gasteiger partial charge in [0.2, 0.25) is 5.91 Å². The zero-order valence-electron chi connectivity index (χ0n) is 13.4. The molecule has 0 aliphatic heterocycles. The van der Waals surface area contributed by atoms with E-state index in [1.54, 1.807) is 24.6 Å². The second kappa shape index (κ2) is 6.92. The quantitative estimate of drug-likeness (QED) is 0.883. The topological polar surface area (TPSA) is 51.2 Å². The Kier molecular flexibility index (Phi) is 5.19. The van der Waals surface area contributed by atoms with Crippen LogP contribution in [0.25, 0.3) is 0 Å². The van der Waals surface area contributed by atoms with Gasteiger partial charge in [-0.1, -0.05) is 19.1 Å². The summed E-state index contributed by atoms with van der Waals surface area (Å²) in [5, 5.41) is 5.94. The third-order valence-electron chi connectivity index (χ3n) is 3.65. The maximum absolute atomic E-state index is 12.7. The van der Waals surface area contributed by atoms with Gasteiger partial charge < -0.3 is 10.1 Å². The summed E-state index contributed by atoms with van der Waals surface area (Å²) in [7, 11) is 1.63. The number of hydrogen-bond acceptors (Lipinski definition) is 4. The summed E-state index contributed by atoms with van der Waals surface area (Å²) >= 11 is 1.55. The van der Waals surface area contributed by atoms with Gasteiger partial charge in [-0.05, 0) is 38.0 Å². The summed E-state index contributed by atoms with van der Waals surface area (Å²) in [6.45, 7) is 5.97. The van der Waals surface area contributed by atoms with Gasteiger partial charge in [-0.2, -0.15) is 0 Å². The predicted molar refractivity (Wildman–Crippen MR) is 89.3 cm³/mol. The fourth-order valence-electron chi connectivity index (χ4n) is 2.39. The normalized spacial score (nSPS) is 12.7. The Morgan fingerprint density at radius 1 is 1.36 bits per heavy atom. The van der Waals surface area contributed by atoms with Crippen molar-refractivity contribution in [3.05, 3.63) is 46.4 Å². The molecule has 1 aromatic heterocycles. The molecule has 1 heterocycles. The van der Waals surface area contributed by atoms with Crippen LogP contribution in [-0.2, 0) is 10.3 Å². The van der Waals surface area contributed by atoms with E-state index in [0.29, 0.717) is 0 Å². The lowest BCUT2D eigenvalue weighted by atomic mass is 9.94. The van der Waals surface area contributed by atoms with Gasteiger partial charge in [0.1, 0.15) is 10.8 Å². The summed E-state index contributed by atoms with van der Waals surface area (Å²) in [5.41, 5.74) is 0.529.